The van der Waals surface area contributed by atoms with Gasteiger partial charge in [0.2, 0.25) is 10.0 Å². The monoisotopic (exact) mass is 467 g/mol. The predicted molar refractivity (Wildman–Crippen MR) is 123 cm³/mol. The molecule has 0 N–H and O–H groups in total. The molecule has 1 heterocycles. The molecule has 3 aromatic carbocycles. The van der Waals surface area contributed by atoms with Crippen LogP contribution in [0.2, 0.25) is 0 Å². The lowest BCUT2D eigenvalue weighted by atomic mass is 10.2. The number of ether oxygens (including phenoxy) is 3. The maximum Gasteiger partial charge on any atom is 0.343 e. The van der Waals surface area contributed by atoms with Gasteiger partial charge in [-0.15, -0.1) is 0 Å². The van der Waals surface area contributed by atoms with Crippen LogP contribution >= 0.6 is 0 Å². The summed E-state index contributed by atoms with van der Waals surface area (Å²) in [5.41, 5.74) is 0.148. The number of morpholine rings is 1. The largest absolute Gasteiger partial charge is 0.457 e. The first kappa shape index (κ1) is 23.0. The smallest absolute Gasteiger partial charge is 0.343 e. The van der Waals surface area contributed by atoms with Gasteiger partial charge >= 0.3 is 5.97 Å². The molecule has 1 fully saturated rings. The summed E-state index contributed by atoms with van der Waals surface area (Å²) in [6.45, 7) is 4.20. The Morgan fingerprint density at radius 1 is 0.848 bits per heavy atom. The Labute approximate surface area is 193 Å². The highest BCUT2D eigenvalue weighted by molar-refractivity contribution is 7.89. The van der Waals surface area contributed by atoms with Gasteiger partial charge in [0, 0.05) is 13.1 Å². The van der Waals surface area contributed by atoms with E-state index in [4.69, 9.17) is 14.2 Å². The van der Waals surface area contributed by atoms with Crippen LogP contribution in [-0.4, -0.2) is 44.0 Å². The molecule has 172 valence electrons. The van der Waals surface area contributed by atoms with Crippen molar-refractivity contribution in [1.82, 2.24) is 4.31 Å². The number of sulfonamides is 1. The van der Waals surface area contributed by atoms with Crippen molar-refractivity contribution in [2.75, 3.05) is 13.1 Å². The lowest BCUT2D eigenvalue weighted by Gasteiger charge is -2.34. The molecular weight excluding hydrogens is 442 g/mol. The first-order valence-corrected chi connectivity index (χ1v) is 12.1. The zero-order valence-electron chi connectivity index (χ0n) is 18.4. The summed E-state index contributed by atoms with van der Waals surface area (Å²) in [6, 6.07) is 21.8. The number of carbonyl (C=O) groups is 1. The van der Waals surface area contributed by atoms with E-state index in [1.54, 1.807) is 24.3 Å². The number of carbonyl (C=O) groups excluding carboxylic acids is 1. The van der Waals surface area contributed by atoms with Crippen LogP contribution < -0.4 is 9.47 Å². The summed E-state index contributed by atoms with van der Waals surface area (Å²) >= 11 is 0. The van der Waals surface area contributed by atoms with Gasteiger partial charge in [-0.05, 0) is 68.4 Å². The summed E-state index contributed by atoms with van der Waals surface area (Å²) in [6.07, 6.45) is -0.406. The van der Waals surface area contributed by atoms with Crippen molar-refractivity contribution >= 4 is 16.0 Å². The normalized spacial score (nSPS) is 19.1. The van der Waals surface area contributed by atoms with Gasteiger partial charge < -0.3 is 14.2 Å². The Kier molecular flexibility index (Phi) is 6.78. The van der Waals surface area contributed by atoms with Gasteiger partial charge in [-0.1, -0.05) is 24.3 Å². The second-order valence-electron chi connectivity index (χ2n) is 7.88. The van der Waals surface area contributed by atoms with E-state index >= 15 is 0 Å². The van der Waals surface area contributed by atoms with E-state index in [-0.39, 0.29) is 35.8 Å². The van der Waals surface area contributed by atoms with Crippen molar-refractivity contribution in [3.63, 3.8) is 0 Å². The van der Waals surface area contributed by atoms with Gasteiger partial charge in [-0.3, -0.25) is 0 Å². The van der Waals surface area contributed by atoms with E-state index in [1.165, 1.54) is 28.6 Å². The lowest BCUT2D eigenvalue weighted by molar-refractivity contribution is -0.0440. The van der Waals surface area contributed by atoms with Crippen molar-refractivity contribution < 1.29 is 27.4 Å². The summed E-state index contributed by atoms with van der Waals surface area (Å²) in [4.78, 5) is 12.7. The fourth-order valence-corrected chi connectivity index (χ4v) is 5.26. The minimum Gasteiger partial charge on any atom is -0.457 e. The highest BCUT2D eigenvalue weighted by atomic mass is 32.2. The Hall–Kier alpha value is -3.20. The molecule has 7 nitrogen and oxygen atoms in total. The van der Waals surface area contributed by atoms with Crippen LogP contribution in [0.25, 0.3) is 0 Å². The number of rotatable bonds is 6. The number of para-hydroxylation sites is 1. The average Bonchev–Trinajstić information content (AvgIpc) is 2.80. The second-order valence-corrected chi connectivity index (χ2v) is 9.82. The van der Waals surface area contributed by atoms with Crippen molar-refractivity contribution in [1.29, 1.82) is 0 Å². The Bertz CT molecular complexity index is 1200. The SMILES string of the molecule is C[C@@H]1CN(S(=O)(=O)c2cccc(C(=O)Oc3ccc(Oc4ccccc4)cc3)c2)C[C@@H](C)O1. The minimum atomic E-state index is -3.76. The molecule has 0 aliphatic carbocycles. The maximum absolute atomic E-state index is 13.1. The summed E-state index contributed by atoms with van der Waals surface area (Å²) < 4.78 is 44.4. The quantitative estimate of drug-likeness (QED) is 0.392. The molecule has 33 heavy (non-hydrogen) atoms. The third kappa shape index (κ3) is 5.60. The van der Waals surface area contributed by atoms with E-state index in [9.17, 15) is 13.2 Å². The fraction of sp³-hybridized carbons (Fsp3) is 0.240. The van der Waals surface area contributed by atoms with E-state index in [0.717, 1.165) is 0 Å². The fourth-order valence-electron chi connectivity index (χ4n) is 3.63. The standard InChI is InChI=1S/C25H25NO6S/c1-18-16-26(17-19(2)30-18)33(28,29)24-10-6-7-20(15-24)25(27)32-23-13-11-22(12-14-23)31-21-8-4-3-5-9-21/h3-15,18-19H,16-17H2,1-2H3/t18-,19-/m1/s1. The average molecular weight is 468 g/mol. The van der Waals surface area contributed by atoms with Gasteiger partial charge in [0.05, 0.1) is 22.7 Å². The molecular formula is C25H25NO6S. The first-order chi connectivity index (χ1) is 15.8. The van der Waals surface area contributed by atoms with Gasteiger partial charge in [0.25, 0.3) is 0 Å². The zero-order chi connectivity index (χ0) is 23.4. The third-order valence-corrected chi connectivity index (χ3v) is 6.93. The molecule has 3 aromatic rings. The molecule has 2 atom stereocenters. The number of hydrogen-bond donors (Lipinski definition) is 0. The number of benzene rings is 3. The second kappa shape index (κ2) is 9.74. The van der Waals surface area contributed by atoms with E-state index < -0.39 is 16.0 Å². The van der Waals surface area contributed by atoms with Crippen molar-refractivity contribution in [3.05, 3.63) is 84.4 Å². The lowest BCUT2D eigenvalue weighted by Crippen LogP contribution is -2.48. The van der Waals surface area contributed by atoms with Gasteiger partial charge in [-0.25, -0.2) is 13.2 Å². The van der Waals surface area contributed by atoms with Gasteiger partial charge in [0.1, 0.15) is 17.2 Å². The molecule has 0 saturated carbocycles. The van der Waals surface area contributed by atoms with Crippen molar-refractivity contribution in [3.8, 4) is 17.2 Å². The first-order valence-electron chi connectivity index (χ1n) is 10.6. The molecule has 0 bridgehead atoms. The molecule has 1 saturated heterocycles. The van der Waals surface area contributed by atoms with Gasteiger partial charge in [0.15, 0.2) is 0 Å². The Morgan fingerprint density at radius 3 is 2.12 bits per heavy atom. The van der Waals surface area contributed by atoms with Crippen LogP contribution in [0.5, 0.6) is 17.2 Å². The van der Waals surface area contributed by atoms with Crippen molar-refractivity contribution in [2.24, 2.45) is 0 Å². The van der Waals surface area contributed by atoms with Crippen LogP contribution in [0.3, 0.4) is 0 Å². The maximum atomic E-state index is 13.1. The molecule has 0 unspecified atom stereocenters. The van der Waals surface area contributed by atoms with Crippen LogP contribution in [0, 0.1) is 0 Å². The zero-order valence-corrected chi connectivity index (χ0v) is 19.2. The topological polar surface area (TPSA) is 82.1 Å². The molecule has 1 aliphatic rings. The van der Waals surface area contributed by atoms with Crippen LogP contribution in [0.1, 0.15) is 24.2 Å². The third-order valence-electron chi connectivity index (χ3n) is 5.11. The number of hydrogen-bond acceptors (Lipinski definition) is 6. The van der Waals surface area contributed by atoms with E-state index in [2.05, 4.69) is 0 Å². The Morgan fingerprint density at radius 2 is 1.45 bits per heavy atom. The summed E-state index contributed by atoms with van der Waals surface area (Å²) in [7, 11) is -3.76. The summed E-state index contributed by atoms with van der Waals surface area (Å²) in [5, 5.41) is 0. The van der Waals surface area contributed by atoms with E-state index in [1.807, 2.05) is 44.2 Å². The highest BCUT2D eigenvalue weighted by Crippen LogP contribution is 2.25. The van der Waals surface area contributed by atoms with Crippen LogP contribution in [-0.2, 0) is 14.8 Å². The van der Waals surface area contributed by atoms with Crippen LogP contribution in [0.15, 0.2) is 83.8 Å². The molecule has 0 radical (unpaired) electrons. The van der Waals surface area contributed by atoms with Gasteiger partial charge in [-0.2, -0.15) is 4.31 Å². The molecule has 0 spiro atoms. The molecule has 1 aliphatic heterocycles. The molecule has 0 aromatic heterocycles. The molecule has 8 heteroatoms. The predicted octanol–water partition coefficient (Wildman–Crippen LogP) is 4.50. The van der Waals surface area contributed by atoms with E-state index in [0.29, 0.717) is 17.2 Å². The molecule has 0 amide bonds. The number of esters is 1. The van der Waals surface area contributed by atoms with Crippen molar-refractivity contribution in [2.45, 2.75) is 31.0 Å². The molecule has 4 rings (SSSR count). The number of nitrogens with zero attached hydrogens (tertiary/aromatic N) is 1. The highest BCUT2D eigenvalue weighted by Gasteiger charge is 2.32. The minimum absolute atomic E-state index is 0.0462. The Balaban J connectivity index is 1.45. The summed E-state index contributed by atoms with van der Waals surface area (Å²) in [5.74, 6) is 0.976. The van der Waals surface area contributed by atoms with Crippen LogP contribution in [0.4, 0.5) is 0 Å².